The molecule has 8 nitrogen and oxygen atoms in total. The number of fused-ring (bicyclic) bond motifs is 4. The van der Waals surface area contributed by atoms with Crippen molar-refractivity contribution in [1.82, 2.24) is 19.5 Å². The lowest BCUT2D eigenvalue weighted by molar-refractivity contribution is -0.172. The molecular weight excluding hydrogens is 395 g/mol. The number of esters is 1. The Balaban J connectivity index is 1.63. The Bertz CT molecular complexity index is 964. The van der Waals surface area contributed by atoms with Gasteiger partial charge in [0, 0.05) is 5.92 Å². The van der Waals surface area contributed by atoms with Gasteiger partial charge < -0.3 is 18.8 Å². The maximum atomic E-state index is 12.8. The van der Waals surface area contributed by atoms with E-state index in [1.165, 1.54) is 0 Å². The molecule has 144 valence electrons. The maximum Gasteiger partial charge on any atom is 0.315 e. The van der Waals surface area contributed by atoms with E-state index < -0.39 is 11.2 Å². The highest BCUT2D eigenvalue weighted by molar-refractivity contribution is 6.35. The average Bonchev–Trinajstić information content (AvgIpc) is 2.90. The molecule has 2 aromatic rings. The number of carbonyl (C=O) groups excluding carboxylic acids is 1. The van der Waals surface area contributed by atoms with Crippen LogP contribution < -0.4 is 0 Å². The van der Waals surface area contributed by atoms with Crippen molar-refractivity contribution >= 4 is 40.3 Å². The number of halogens is 2. The third-order valence-electron chi connectivity index (χ3n) is 5.77. The van der Waals surface area contributed by atoms with Crippen LogP contribution in [0.15, 0.2) is 6.33 Å². The first-order chi connectivity index (χ1) is 12.8. The van der Waals surface area contributed by atoms with Crippen LogP contribution in [0.3, 0.4) is 0 Å². The molecule has 2 aromatic heterocycles. The van der Waals surface area contributed by atoms with E-state index in [4.69, 9.17) is 37.4 Å². The molecule has 0 bridgehead atoms. The standard InChI is InChI=1S/C17H18Cl2N4O4/c1-4-25-14(24)17-5-7(17)9(10-11(17)27-16(2,3)26-10)23-6-20-8-12(18)21-15(19)22-13(8)23/h6-7,9-11H,4-5H2,1-3H3/t7-,9-,10+,11+,17+/m1/s1. The molecule has 0 unspecified atom stereocenters. The number of aromatic nitrogens is 4. The monoisotopic (exact) mass is 412 g/mol. The van der Waals surface area contributed by atoms with E-state index in [1.54, 1.807) is 13.3 Å². The SMILES string of the molecule is CCOC(=O)[C@@]12C[C@@H]1[C@@H](n1cnc3c(Cl)nc(Cl)nc31)[C@@H]1OC(C)(C)O[C@@H]12. The molecule has 0 aromatic carbocycles. The lowest BCUT2D eigenvalue weighted by Crippen LogP contribution is -2.36. The number of nitrogens with zero attached hydrogens (tertiary/aromatic N) is 4. The van der Waals surface area contributed by atoms with E-state index >= 15 is 0 Å². The summed E-state index contributed by atoms with van der Waals surface area (Å²) in [6.07, 6.45) is 1.61. The first kappa shape index (κ1) is 17.6. The van der Waals surface area contributed by atoms with Crippen molar-refractivity contribution in [2.75, 3.05) is 6.61 Å². The Labute approximate surface area is 165 Å². The van der Waals surface area contributed by atoms with Gasteiger partial charge in [-0.1, -0.05) is 11.6 Å². The molecule has 0 N–H and O–H groups in total. The molecule has 0 amide bonds. The highest BCUT2D eigenvalue weighted by atomic mass is 35.5. The zero-order valence-corrected chi connectivity index (χ0v) is 16.5. The van der Waals surface area contributed by atoms with Gasteiger partial charge in [0.25, 0.3) is 0 Å². The molecule has 2 aliphatic carbocycles. The summed E-state index contributed by atoms with van der Waals surface area (Å²) in [7, 11) is 0. The van der Waals surface area contributed by atoms with Crippen molar-refractivity contribution in [3.8, 4) is 0 Å². The van der Waals surface area contributed by atoms with Gasteiger partial charge in [-0.2, -0.15) is 4.98 Å². The summed E-state index contributed by atoms with van der Waals surface area (Å²) in [5.41, 5.74) is 0.282. The van der Waals surface area contributed by atoms with Gasteiger partial charge in [-0.05, 0) is 38.8 Å². The molecule has 3 aliphatic rings. The van der Waals surface area contributed by atoms with Crippen molar-refractivity contribution in [2.24, 2.45) is 11.3 Å². The molecule has 3 fully saturated rings. The summed E-state index contributed by atoms with van der Waals surface area (Å²) in [5, 5.41) is 0.231. The summed E-state index contributed by atoms with van der Waals surface area (Å²) < 4.78 is 19.6. The van der Waals surface area contributed by atoms with Crippen molar-refractivity contribution < 1.29 is 19.0 Å². The lowest BCUT2D eigenvalue weighted by atomic mass is 9.99. The van der Waals surface area contributed by atoms with Crippen molar-refractivity contribution in [2.45, 2.75) is 51.2 Å². The molecule has 0 spiro atoms. The Morgan fingerprint density at radius 2 is 2.15 bits per heavy atom. The summed E-state index contributed by atoms with van der Waals surface area (Å²) >= 11 is 12.2. The van der Waals surface area contributed by atoms with E-state index in [1.807, 2.05) is 18.4 Å². The molecule has 1 aliphatic heterocycles. The molecule has 5 rings (SSSR count). The quantitative estimate of drug-likeness (QED) is 0.434. The van der Waals surface area contributed by atoms with E-state index in [9.17, 15) is 4.79 Å². The van der Waals surface area contributed by atoms with Crippen LogP contribution in [0.25, 0.3) is 11.2 Å². The average molecular weight is 413 g/mol. The first-order valence-electron chi connectivity index (χ1n) is 8.87. The molecule has 27 heavy (non-hydrogen) atoms. The summed E-state index contributed by atoms with van der Waals surface area (Å²) in [4.78, 5) is 25.4. The summed E-state index contributed by atoms with van der Waals surface area (Å²) in [6.45, 7) is 5.82. The van der Waals surface area contributed by atoms with Gasteiger partial charge in [0.15, 0.2) is 16.6 Å². The van der Waals surface area contributed by atoms with Crippen molar-refractivity contribution in [3.63, 3.8) is 0 Å². The molecule has 10 heteroatoms. The van der Waals surface area contributed by atoms with E-state index in [2.05, 4.69) is 15.0 Å². The van der Waals surface area contributed by atoms with Crippen LogP contribution in [-0.4, -0.2) is 50.1 Å². The van der Waals surface area contributed by atoms with Gasteiger partial charge in [-0.25, -0.2) is 9.97 Å². The number of rotatable bonds is 3. The molecule has 5 atom stereocenters. The topological polar surface area (TPSA) is 88.4 Å². The van der Waals surface area contributed by atoms with Crippen molar-refractivity contribution in [3.05, 3.63) is 16.8 Å². The smallest absolute Gasteiger partial charge is 0.315 e. The Hall–Kier alpha value is -1.48. The fraction of sp³-hybridized carbons (Fsp3) is 0.647. The highest BCUT2D eigenvalue weighted by Gasteiger charge is 2.80. The number of carbonyl (C=O) groups is 1. The zero-order valence-electron chi connectivity index (χ0n) is 15.0. The lowest BCUT2D eigenvalue weighted by Gasteiger charge is -2.24. The largest absolute Gasteiger partial charge is 0.465 e. The molecule has 3 heterocycles. The van der Waals surface area contributed by atoms with Gasteiger partial charge in [0.2, 0.25) is 5.28 Å². The van der Waals surface area contributed by atoms with Crippen LogP contribution in [-0.2, 0) is 19.0 Å². The second-order valence-corrected chi connectivity index (χ2v) is 8.39. The Morgan fingerprint density at radius 1 is 1.37 bits per heavy atom. The number of imidazole rings is 1. The van der Waals surface area contributed by atoms with E-state index in [-0.39, 0.29) is 40.6 Å². The van der Waals surface area contributed by atoms with Crippen molar-refractivity contribution in [1.29, 1.82) is 0 Å². The number of ether oxygens (including phenoxy) is 3. The van der Waals surface area contributed by atoms with Crippen LogP contribution in [0.1, 0.15) is 33.2 Å². The van der Waals surface area contributed by atoms with Crippen LogP contribution in [0.4, 0.5) is 0 Å². The summed E-state index contributed by atoms with van der Waals surface area (Å²) in [5.74, 6) is -1.02. The minimum absolute atomic E-state index is 0.00701. The van der Waals surface area contributed by atoms with Gasteiger partial charge in [0.1, 0.15) is 23.1 Å². The van der Waals surface area contributed by atoms with Gasteiger partial charge in [-0.3, -0.25) is 4.79 Å². The number of hydrogen-bond acceptors (Lipinski definition) is 7. The molecule has 1 saturated heterocycles. The Morgan fingerprint density at radius 3 is 2.89 bits per heavy atom. The van der Waals surface area contributed by atoms with Crippen LogP contribution in [0.2, 0.25) is 10.4 Å². The van der Waals surface area contributed by atoms with Gasteiger partial charge in [-0.15, -0.1) is 0 Å². The third kappa shape index (κ3) is 2.30. The third-order valence-corrected chi connectivity index (χ3v) is 6.21. The predicted molar refractivity (Wildman–Crippen MR) is 95.4 cm³/mol. The normalized spacial score (nSPS) is 35.9. The second-order valence-electron chi connectivity index (χ2n) is 7.69. The second kappa shape index (κ2) is 5.53. The molecular formula is C17H18Cl2N4O4. The van der Waals surface area contributed by atoms with Crippen LogP contribution in [0.5, 0.6) is 0 Å². The maximum absolute atomic E-state index is 12.8. The van der Waals surface area contributed by atoms with Gasteiger partial charge in [0.05, 0.1) is 19.0 Å². The molecule has 0 radical (unpaired) electrons. The fourth-order valence-corrected chi connectivity index (χ4v) is 5.19. The zero-order chi connectivity index (χ0) is 19.1. The Kier molecular flexibility index (Phi) is 3.61. The first-order valence-corrected chi connectivity index (χ1v) is 9.62. The summed E-state index contributed by atoms with van der Waals surface area (Å²) in [6, 6.07) is -0.187. The number of hydrogen-bond donors (Lipinski definition) is 0. The minimum atomic E-state index is -0.790. The van der Waals surface area contributed by atoms with Gasteiger partial charge >= 0.3 is 5.97 Å². The predicted octanol–water partition coefficient (Wildman–Crippen LogP) is 2.78. The minimum Gasteiger partial charge on any atom is -0.465 e. The van der Waals surface area contributed by atoms with E-state index in [0.717, 1.165) is 0 Å². The van der Waals surface area contributed by atoms with Crippen LogP contribution >= 0.6 is 23.2 Å². The highest BCUT2D eigenvalue weighted by Crippen LogP contribution is 2.72. The molecule has 2 saturated carbocycles. The van der Waals surface area contributed by atoms with E-state index in [0.29, 0.717) is 24.2 Å². The van der Waals surface area contributed by atoms with Crippen LogP contribution in [0, 0.1) is 11.3 Å². The fourth-order valence-electron chi connectivity index (χ4n) is 4.77.